The summed E-state index contributed by atoms with van der Waals surface area (Å²) in [7, 11) is 0. The fraction of sp³-hybridized carbons (Fsp3) is 0.929. The number of hydrogen-bond acceptors (Lipinski definition) is 2. The molecule has 1 amide bonds. The van der Waals surface area contributed by atoms with Gasteiger partial charge in [-0.25, -0.2) is 0 Å². The summed E-state index contributed by atoms with van der Waals surface area (Å²) in [6, 6.07) is 0.782. The molecule has 0 radical (unpaired) electrons. The van der Waals surface area contributed by atoms with Crippen molar-refractivity contribution < 1.29 is 4.79 Å². The second-order valence-electron chi connectivity index (χ2n) is 5.39. The van der Waals surface area contributed by atoms with Crippen LogP contribution in [-0.2, 0) is 4.79 Å². The van der Waals surface area contributed by atoms with Crippen LogP contribution in [0, 0.1) is 5.92 Å². The highest BCUT2D eigenvalue weighted by Gasteiger charge is 2.19. The molecule has 3 heteroatoms. The molecular weight excluding hydrogens is 212 g/mol. The molecule has 0 spiro atoms. The maximum Gasteiger partial charge on any atom is 0.222 e. The van der Waals surface area contributed by atoms with Crippen LogP contribution in [0.15, 0.2) is 0 Å². The van der Waals surface area contributed by atoms with Crippen LogP contribution in [0.25, 0.3) is 0 Å². The van der Waals surface area contributed by atoms with Crippen LogP contribution < -0.4 is 5.32 Å². The summed E-state index contributed by atoms with van der Waals surface area (Å²) in [5.74, 6) is 0.282. The van der Waals surface area contributed by atoms with E-state index in [-0.39, 0.29) is 11.8 Å². The molecule has 1 heterocycles. The minimum Gasteiger partial charge on any atom is -0.356 e. The van der Waals surface area contributed by atoms with Crippen molar-refractivity contribution in [3.8, 4) is 0 Å². The molecule has 0 saturated carbocycles. The van der Waals surface area contributed by atoms with Crippen molar-refractivity contribution in [1.82, 2.24) is 10.2 Å². The van der Waals surface area contributed by atoms with Gasteiger partial charge in [-0.05, 0) is 32.2 Å². The lowest BCUT2D eigenvalue weighted by Crippen LogP contribution is -2.40. The molecule has 1 saturated heterocycles. The predicted octanol–water partition coefficient (Wildman–Crippen LogP) is 2.41. The first-order valence-corrected chi connectivity index (χ1v) is 7.17. The Labute approximate surface area is 106 Å². The highest BCUT2D eigenvalue weighted by molar-refractivity contribution is 5.77. The van der Waals surface area contributed by atoms with E-state index in [1.165, 1.54) is 32.2 Å². The second-order valence-corrected chi connectivity index (χ2v) is 5.39. The third-order valence-corrected chi connectivity index (χ3v) is 3.67. The topological polar surface area (TPSA) is 32.3 Å². The number of likely N-dealkylation sites (tertiary alicyclic amines) is 1. The number of hydrogen-bond donors (Lipinski definition) is 1. The molecule has 1 N–H and O–H groups in total. The molecule has 0 aromatic rings. The Kier molecular flexibility index (Phi) is 6.56. The van der Waals surface area contributed by atoms with Gasteiger partial charge in [-0.2, -0.15) is 0 Å². The van der Waals surface area contributed by atoms with E-state index in [2.05, 4.69) is 17.1 Å². The van der Waals surface area contributed by atoms with Gasteiger partial charge in [0.05, 0.1) is 0 Å². The minimum atomic E-state index is 0.105. The SMILES string of the molecule is CCC1CCCCN1CCCNC(=O)C(C)C. The summed E-state index contributed by atoms with van der Waals surface area (Å²) < 4.78 is 0. The van der Waals surface area contributed by atoms with Crippen LogP contribution in [0.4, 0.5) is 0 Å². The number of piperidine rings is 1. The van der Waals surface area contributed by atoms with Gasteiger partial charge in [0.2, 0.25) is 5.91 Å². The van der Waals surface area contributed by atoms with E-state index in [1.807, 2.05) is 13.8 Å². The first kappa shape index (κ1) is 14.5. The van der Waals surface area contributed by atoms with E-state index in [4.69, 9.17) is 0 Å². The van der Waals surface area contributed by atoms with Crippen molar-refractivity contribution in [2.75, 3.05) is 19.6 Å². The number of rotatable bonds is 6. The van der Waals surface area contributed by atoms with Crippen molar-refractivity contribution in [1.29, 1.82) is 0 Å². The third kappa shape index (κ3) is 5.07. The van der Waals surface area contributed by atoms with Crippen molar-refractivity contribution >= 4 is 5.91 Å². The lowest BCUT2D eigenvalue weighted by Gasteiger charge is -2.35. The van der Waals surface area contributed by atoms with E-state index >= 15 is 0 Å². The van der Waals surface area contributed by atoms with Gasteiger partial charge >= 0.3 is 0 Å². The standard InChI is InChI=1S/C14H28N2O/c1-4-13-8-5-6-10-16(13)11-7-9-15-14(17)12(2)3/h12-13H,4-11H2,1-3H3,(H,15,17). The quantitative estimate of drug-likeness (QED) is 0.723. The zero-order valence-corrected chi connectivity index (χ0v) is 11.7. The third-order valence-electron chi connectivity index (χ3n) is 3.67. The fourth-order valence-corrected chi connectivity index (χ4v) is 2.51. The molecule has 0 bridgehead atoms. The van der Waals surface area contributed by atoms with Gasteiger partial charge in [0, 0.05) is 25.0 Å². The van der Waals surface area contributed by atoms with Gasteiger partial charge in [0.25, 0.3) is 0 Å². The number of nitrogens with one attached hydrogen (secondary N) is 1. The number of nitrogens with zero attached hydrogens (tertiary/aromatic N) is 1. The van der Waals surface area contributed by atoms with E-state index in [0.717, 1.165) is 25.6 Å². The predicted molar refractivity (Wildman–Crippen MR) is 72.0 cm³/mol. The molecule has 1 aliphatic rings. The summed E-state index contributed by atoms with van der Waals surface area (Å²) >= 11 is 0. The highest BCUT2D eigenvalue weighted by Crippen LogP contribution is 2.19. The Morgan fingerprint density at radius 3 is 2.82 bits per heavy atom. The van der Waals surface area contributed by atoms with Crippen molar-refractivity contribution in [2.45, 2.75) is 58.9 Å². The summed E-state index contributed by atoms with van der Waals surface area (Å²) in [6.45, 7) is 9.36. The summed E-state index contributed by atoms with van der Waals surface area (Å²) in [6.07, 6.45) is 6.43. The Hall–Kier alpha value is -0.570. The second kappa shape index (κ2) is 7.70. The number of amides is 1. The number of carbonyl (C=O) groups excluding carboxylic acids is 1. The molecule has 1 unspecified atom stereocenters. The maximum absolute atomic E-state index is 11.4. The average Bonchev–Trinajstić information content (AvgIpc) is 2.34. The van der Waals surface area contributed by atoms with E-state index in [1.54, 1.807) is 0 Å². The van der Waals surface area contributed by atoms with Crippen molar-refractivity contribution in [2.24, 2.45) is 5.92 Å². The van der Waals surface area contributed by atoms with Gasteiger partial charge in [-0.1, -0.05) is 27.2 Å². The Balaban J connectivity index is 2.14. The first-order chi connectivity index (χ1) is 8.15. The summed E-state index contributed by atoms with van der Waals surface area (Å²) in [5.41, 5.74) is 0. The molecule has 0 aromatic heterocycles. The molecule has 100 valence electrons. The summed E-state index contributed by atoms with van der Waals surface area (Å²) in [5, 5.41) is 2.99. The normalized spacial score (nSPS) is 21.8. The fourth-order valence-electron chi connectivity index (χ4n) is 2.51. The van der Waals surface area contributed by atoms with Gasteiger partial charge in [0.1, 0.15) is 0 Å². The van der Waals surface area contributed by atoms with E-state index in [9.17, 15) is 4.79 Å². The molecule has 1 aliphatic heterocycles. The average molecular weight is 240 g/mol. The van der Waals surface area contributed by atoms with Gasteiger partial charge < -0.3 is 10.2 Å². The molecular formula is C14H28N2O. The minimum absolute atomic E-state index is 0.105. The van der Waals surface area contributed by atoms with Crippen molar-refractivity contribution in [3.63, 3.8) is 0 Å². The van der Waals surface area contributed by atoms with Gasteiger partial charge in [0.15, 0.2) is 0 Å². The molecule has 3 nitrogen and oxygen atoms in total. The Morgan fingerprint density at radius 2 is 2.18 bits per heavy atom. The zero-order chi connectivity index (χ0) is 12.7. The van der Waals surface area contributed by atoms with Crippen LogP contribution in [-0.4, -0.2) is 36.5 Å². The highest BCUT2D eigenvalue weighted by atomic mass is 16.1. The Bertz CT molecular complexity index is 228. The largest absolute Gasteiger partial charge is 0.356 e. The molecule has 1 atom stereocenters. The van der Waals surface area contributed by atoms with Crippen molar-refractivity contribution in [3.05, 3.63) is 0 Å². The van der Waals surface area contributed by atoms with Crippen LogP contribution >= 0.6 is 0 Å². The zero-order valence-electron chi connectivity index (χ0n) is 11.7. The van der Waals surface area contributed by atoms with Crippen LogP contribution in [0.1, 0.15) is 52.9 Å². The molecule has 17 heavy (non-hydrogen) atoms. The van der Waals surface area contributed by atoms with Crippen LogP contribution in [0.3, 0.4) is 0 Å². The van der Waals surface area contributed by atoms with Gasteiger partial charge in [-0.15, -0.1) is 0 Å². The van der Waals surface area contributed by atoms with Crippen LogP contribution in [0.2, 0.25) is 0 Å². The van der Waals surface area contributed by atoms with Crippen LogP contribution in [0.5, 0.6) is 0 Å². The molecule has 1 rings (SSSR count). The van der Waals surface area contributed by atoms with Gasteiger partial charge in [-0.3, -0.25) is 4.79 Å². The lowest BCUT2D eigenvalue weighted by molar-refractivity contribution is -0.123. The Morgan fingerprint density at radius 1 is 1.41 bits per heavy atom. The van der Waals surface area contributed by atoms with E-state index < -0.39 is 0 Å². The number of carbonyl (C=O) groups is 1. The molecule has 1 fully saturated rings. The monoisotopic (exact) mass is 240 g/mol. The maximum atomic E-state index is 11.4. The lowest BCUT2D eigenvalue weighted by atomic mass is 10.00. The van der Waals surface area contributed by atoms with E-state index in [0.29, 0.717) is 0 Å². The molecule has 0 aromatic carbocycles. The first-order valence-electron chi connectivity index (χ1n) is 7.17. The summed E-state index contributed by atoms with van der Waals surface area (Å²) in [4.78, 5) is 14.0. The molecule has 0 aliphatic carbocycles. The smallest absolute Gasteiger partial charge is 0.222 e.